The predicted octanol–water partition coefficient (Wildman–Crippen LogP) is 2.64. The topological polar surface area (TPSA) is 53.7 Å². The smallest absolute Gasteiger partial charge is 0.227 e. The van der Waals surface area contributed by atoms with Crippen molar-refractivity contribution in [3.8, 4) is 0 Å². The quantitative estimate of drug-likeness (QED) is 0.687. The molecule has 29 heavy (non-hydrogen) atoms. The molecule has 150 valence electrons. The lowest BCUT2D eigenvalue weighted by atomic mass is 9.97. The van der Waals surface area contributed by atoms with Crippen LogP contribution < -0.4 is 4.90 Å². The van der Waals surface area contributed by atoms with Crippen LogP contribution in [0.5, 0.6) is 0 Å². The molecule has 6 nitrogen and oxygen atoms in total. The van der Waals surface area contributed by atoms with Crippen LogP contribution in [0.4, 0.5) is 10.2 Å². The van der Waals surface area contributed by atoms with E-state index in [4.69, 9.17) is 5.10 Å². The zero-order valence-electron chi connectivity index (χ0n) is 16.4. The van der Waals surface area contributed by atoms with Gasteiger partial charge in [-0.3, -0.25) is 4.79 Å². The minimum absolute atomic E-state index is 0.0253. The van der Waals surface area contributed by atoms with Crippen LogP contribution in [-0.4, -0.2) is 51.6 Å². The summed E-state index contributed by atoms with van der Waals surface area (Å²) in [6.45, 7) is 2.67. The van der Waals surface area contributed by atoms with E-state index in [2.05, 4.69) is 9.88 Å². The van der Waals surface area contributed by atoms with Gasteiger partial charge in [0.2, 0.25) is 5.91 Å². The van der Waals surface area contributed by atoms with Gasteiger partial charge in [0, 0.05) is 44.1 Å². The normalized spacial score (nSPS) is 16.9. The van der Waals surface area contributed by atoms with Crippen LogP contribution >= 0.6 is 0 Å². The van der Waals surface area contributed by atoms with Gasteiger partial charge in [0.05, 0.1) is 12.1 Å². The summed E-state index contributed by atoms with van der Waals surface area (Å²) in [5.74, 6) is 0.618. The van der Waals surface area contributed by atoms with E-state index in [9.17, 15) is 9.18 Å². The van der Waals surface area contributed by atoms with E-state index >= 15 is 0 Å². The Kier molecular flexibility index (Phi) is 4.66. The molecular weight excluding hydrogens is 369 g/mol. The SMILES string of the molecule is O=C(Cc1ccccc1F)N1CCN(c2nccn3nc4c(c23)CCCC4)CC1. The number of amides is 1. The van der Waals surface area contributed by atoms with Crippen molar-refractivity contribution in [1.82, 2.24) is 19.5 Å². The molecule has 0 bridgehead atoms. The van der Waals surface area contributed by atoms with E-state index in [0.717, 1.165) is 37.3 Å². The number of hydrogen-bond acceptors (Lipinski definition) is 4. The third-order valence-electron chi connectivity index (χ3n) is 6.03. The Morgan fingerprint density at radius 2 is 1.86 bits per heavy atom. The summed E-state index contributed by atoms with van der Waals surface area (Å²) in [5, 5.41) is 4.76. The van der Waals surface area contributed by atoms with Crippen molar-refractivity contribution in [1.29, 1.82) is 0 Å². The summed E-state index contributed by atoms with van der Waals surface area (Å²) in [7, 11) is 0. The van der Waals surface area contributed by atoms with Crippen molar-refractivity contribution < 1.29 is 9.18 Å². The molecule has 3 aromatic rings. The van der Waals surface area contributed by atoms with Gasteiger partial charge in [-0.1, -0.05) is 18.2 Å². The predicted molar refractivity (Wildman–Crippen MR) is 109 cm³/mol. The second kappa shape index (κ2) is 7.46. The zero-order chi connectivity index (χ0) is 19.8. The Morgan fingerprint density at radius 3 is 2.69 bits per heavy atom. The summed E-state index contributed by atoms with van der Waals surface area (Å²) in [6.07, 6.45) is 8.31. The van der Waals surface area contributed by atoms with E-state index in [1.54, 1.807) is 24.4 Å². The molecule has 0 atom stereocenters. The van der Waals surface area contributed by atoms with Crippen LogP contribution in [0.15, 0.2) is 36.7 Å². The van der Waals surface area contributed by atoms with Gasteiger partial charge in [0.1, 0.15) is 11.3 Å². The third-order valence-corrected chi connectivity index (χ3v) is 6.03. The van der Waals surface area contributed by atoms with E-state index in [-0.39, 0.29) is 18.1 Å². The van der Waals surface area contributed by atoms with Crippen molar-refractivity contribution >= 4 is 17.2 Å². The lowest BCUT2D eigenvalue weighted by molar-refractivity contribution is -0.130. The summed E-state index contributed by atoms with van der Waals surface area (Å²) >= 11 is 0. The molecule has 0 saturated carbocycles. The summed E-state index contributed by atoms with van der Waals surface area (Å²) < 4.78 is 15.8. The van der Waals surface area contributed by atoms with Crippen LogP contribution in [0.25, 0.3) is 5.52 Å². The Labute approximate surface area is 168 Å². The highest BCUT2D eigenvalue weighted by Gasteiger charge is 2.26. The zero-order valence-corrected chi connectivity index (χ0v) is 16.4. The molecule has 2 aromatic heterocycles. The first-order valence-corrected chi connectivity index (χ1v) is 10.3. The summed E-state index contributed by atoms with van der Waals surface area (Å²) in [6, 6.07) is 6.49. The van der Waals surface area contributed by atoms with Gasteiger partial charge in [-0.25, -0.2) is 13.9 Å². The number of nitrogens with zero attached hydrogens (tertiary/aromatic N) is 5. The molecule has 7 heteroatoms. The maximum absolute atomic E-state index is 13.9. The fraction of sp³-hybridized carbons (Fsp3) is 0.409. The number of benzene rings is 1. The molecule has 1 aliphatic heterocycles. The molecule has 1 fully saturated rings. The lowest BCUT2D eigenvalue weighted by Crippen LogP contribution is -2.49. The molecule has 2 aliphatic rings. The first kappa shape index (κ1) is 18.1. The first-order chi connectivity index (χ1) is 14.2. The van der Waals surface area contributed by atoms with Gasteiger partial charge in [-0.05, 0) is 37.3 Å². The van der Waals surface area contributed by atoms with Crippen molar-refractivity contribution in [2.45, 2.75) is 32.1 Å². The van der Waals surface area contributed by atoms with Crippen molar-refractivity contribution in [2.24, 2.45) is 0 Å². The molecule has 1 amide bonds. The summed E-state index contributed by atoms with van der Waals surface area (Å²) in [5.41, 5.74) is 4.10. The summed E-state index contributed by atoms with van der Waals surface area (Å²) in [4.78, 5) is 21.4. The maximum Gasteiger partial charge on any atom is 0.227 e. The maximum atomic E-state index is 13.9. The molecule has 5 rings (SSSR count). The Hall–Kier alpha value is -2.96. The standard InChI is InChI=1S/C22H24FN5O/c23-18-7-3-1-5-16(18)15-20(29)26-11-13-27(14-12-26)22-21-17-6-2-4-8-19(17)25-28(21)10-9-24-22/h1,3,5,7,9-10H,2,4,6,8,11-15H2. The fourth-order valence-electron chi connectivity index (χ4n) is 4.46. The average Bonchev–Trinajstić information content (AvgIpc) is 3.14. The number of carbonyl (C=O) groups is 1. The Bertz CT molecular complexity index is 1050. The molecule has 0 unspecified atom stereocenters. The highest BCUT2D eigenvalue weighted by molar-refractivity contribution is 5.79. The lowest BCUT2D eigenvalue weighted by Gasteiger charge is -2.35. The first-order valence-electron chi connectivity index (χ1n) is 10.3. The number of fused-ring (bicyclic) bond motifs is 3. The van der Waals surface area contributed by atoms with Crippen LogP contribution in [0.2, 0.25) is 0 Å². The molecule has 0 N–H and O–H groups in total. The van der Waals surface area contributed by atoms with Crippen LogP contribution in [0.3, 0.4) is 0 Å². The van der Waals surface area contributed by atoms with Gasteiger partial charge in [-0.15, -0.1) is 0 Å². The molecule has 0 spiro atoms. The van der Waals surface area contributed by atoms with E-state index in [1.807, 2.05) is 15.6 Å². The second-order valence-electron chi connectivity index (χ2n) is 7.81. The molecule has 1 saturated heterocycles. The number of aryl methyl sites for hydroxylation is 2. The minimum Gasteiger partial charge on any atom is -0.351 e. The van der Waals surface area contributed by atoms with Gasteiger partial charge in [-0.2, -0.15) is 5.10 Å². The van der Waals surface area contributed by atoms with Gasteiger partial charge in [0.15, 0.2) is 5.82 Å². The number of carbonyl (C=O) groups excluding carboxylic acids is 1. The largest absolute Gasteiger partial charge is 0.351 e. The van der Waals surface area contributed by atoms with E-state index in [1.165, 1.54) is 30.2 Å². The third kappa shape index (κ3) is 3.34. The molecule has 3 heterocycles. The van der Waals surface area contributed by atoms with Gasteiger partial charge in [0.25, 0.3) is 0 Å². The molecule has 1 aliphatic carbocycles. The highest BCUT2D eigenvalue weighted by Crippen LogP contribution is 2.30. The Morgan fingerprint density at radius 1 is 1.07 bits per heavy atom. The van der Waals surface area contributed by atoms with Crippen LogP contribution in [0, 0.1) is 5.82 Å². The Balaban J connectivity index is 1.32. The van der Waals surface area contributed by atoms with Crippen LogP contribution in [0.1, 0.15) is 29.7 Å². The van der Waals surface area contributed by atoms with Crippen LogP contribution in [-0.2, 0) is 24.1 Å². The monoisotopic (exact) mass is 393 g/mol. The molecule has 1 aromatic carbocycles. The minimum atomic E-state index is -0.319. The number of hydrogen-bond donors (Lipinski definition) is 0. The van der Waals surface area contributed by atoms with E-state index < -0.39 is 0 Å². The highest BCUT2D eigenvalue weighted by atomic mass is 19.1. The van der Waals surface area contributed by atoms with Crippen molar-refractivity contribution in [2.75, 3.05) is 31.1 Å². The fourth-order valence-corrected chi connectivity index (χ4v) is 4.46. The van der Waals surface area contributed by atoms with Crippen molar-refractivity contribution in [3.05, 3.63) is 59.3 Å². The van der Waals surface area contributed by atoms with Gasteiger partial charge < -0.3 is 9.80 Å². The number of aromatic nitrogens is 3. The number of rotatable bonds is 3. The number of halogens is 1. The average molecular weight is 393 g/mol. The van der Waals surface area contributed by atoms with Crippen molar-refractivity contribution in [3.63, 3.8) is 0 Å². The molecular formula is C22H24FN5O. The van der Waals surface area contributed by atoms with E-state index in [0.29, 0.717) is 18.7 Å². The number of anilines is 1. The molecule has 0 radical (unpaired) electrons. The second-order valence-corrected chi connectivity index (χ2v) is 7.81. The number of piperazine rings is 1. The van der Waals surface area contributed by atoms with Gasteiger partial charge >= 0.3 is 0 Å².